The summed E-state index contributed by atoms with van der Waals surface area (Å²) in [6.07, 6.45) is 0. The van der Waals surface area contributed by atoms with Gasteiger partial charge in [-0.25, -0.2) is 4.79 Å². The van der Waals surface area contributed by atoms with Gasteiger partial charge in [-0.2, -0.15) is 5.26 Å². The quantitative estimate of drug-likeness (QED) is 0.702. The average Bonchev–Trinajstić information content (AvgIpc) is 2.20. The van der Waals surface area contributed by atoms with E-state index in [1.807, 2.05) is 6.07 Å². The molecule has 0 spiro atoms. The second-order valence-electron chi connectivity index (χ2n) is 2.57. The predicted octanol–water partition coefficient (Wildman–Crippen LogP) is 1.23. The molecule has 0 atom stereocenters. The van der Waals surface area contributed by atoms with E-state index in [0.29, 0.717) is 5.56 Å². The average molecular weight is 225 g/mol. The van der Waals surface area contributed by atoms with Gasteiger partial charge in [0.15, 0.2) is 0 Å². The lowest BCUT2D eigenvalue weighted by molar-refractivity contribution is -0.147. The number of benzene rings is 1. The van der Waals surface area contributed by atoms with Crippen LogP contribution in [0.5, 0.6) is 0 Å². The number of aliphatic carboxylic acids is 1. The van der Waals surface area contributed by atoms with Crippen molar-refractivity contribution in [3.05, 3.63) is 28.8 Å². The maximum atomic E-state index is 10.8. The van der Waals surface area contributed by atoms with Crippen molar-refractivity contribution in [1.82, 2.24) is 0 Å². The van der Waals surface area contributed by atoms with Gasteiger partial charge in [0.05, 0.1) is 22.3 Å². The number of hydrogen-bond donors (Lipinski definition) is 2. The fourth-order valence-corrected chi connectivity index (χ4v) is 1.09. The minimum atomic E-state index is -1.60. The smallest absolute Gasteiger partial charge is 0.394 e. The Labute approximate surface area is 89.9 Å². The van der Waals surface area contributed by atoms with Gasteiger partial charge in [-0.15, -0.1) is 0 Å². The second-order valence-corrected chi connectivity index (χ2v) is 2.97. The van der Waals surface area contributed by atoms with E-state index in [1.54, 1.807) is 0 Å². The summed E-state index contributed by atoms with van der Waals surface area (Å²) in [5, 5.41) is 19.1. The molecular formula is C9H5ClN2O3. The highest BCUT2D eigenvalue weighted by Gasteiger charge is 2.12. The second kappa shape index (κ2) is 4.44. The van der Waals surface area contributed by atoms with Crippen LogP contribution in [0.4, 0.5) is 5.69 Å². The monoisotopic (exact) mass is 224 g/mol. The van der Waals surface area contributed by atoms with Crippen LogP contribution >= 0.6 is 11.6 Å². The molecule has 76 valence electrons. The summed E-state index contributed by atoms with van der Waals surface area (Å²) in [5.74, 6) is -2.78. The van der Waals surface area contributed by atoms with E-state index in [1.165, 1.54) is 18.2 Å². The van der Waals surface area contributed by atoms with Crippen LogP contribution in [0, 0.1) is 11.3 Å². The van der Waals surface area contributed by atoms with Crippen LogP contribution in [0.3, 0.4) is 0 Å². The molecule has 0 heterocycles. The van der Waals surface area contributed by atoms with E-state index < -0.39 is 11.9 Å². The Morgan fingerprint density at radius 3 is 2.60 bits per heavy atom. The van der Waals surface area contributed by atoms with Crippen LogP contribution < -0.4 is 5.32 Å². The number of hydrogen-bond acceptors (Lipinski definition) is 3. The van der Waals surface area contributed by atoms with Gasteiger partial charge in [-0.3, -0.25) is 4.79 Å². The minimum Gasteiger partial charge on any atom is -0.474 e. The molecule has 0 fully saturated rings. The van der Waals surface area contributed by atoms with E-state index in [-0.39, 0.29) is 10.7 Å². The normalized spacial score (nSPS) is 9.07. The molecule has 15 heavy (non-hydrogen) atoms. The van der Waals surface area contributed by atoms with E-state index in [0.717, 1.165) is 0 Å². The maximum Gasteiger partial charge on any atom is 0.394 e. The highest BCUT2D eigenvalue weighted by atomic mass is 35.5. The lowest BCUT2D eigenvalue weighted by Gasteiger charge is -2.04. The lowest BCUT2D eigenvalue weighted by atomic mass is 10.2. The van der Waals surface area contributed by atoms with Crippen LogP contribution in [-0.2, 0) is 9.59 Å². The fraction of sp³-hybridized carbons (Fsp3) is 0. The highest BCUT2D eigenvalue weighted by molar-refractivity contribution is 6.39. The molecular weight excluding hydrogens is 220 g/mol. The molecule has 0 saturated heterocycles. The Hall–Kier alpha value is -2.06. The van der Waals surface area contributed by atoms with Crippen molar-refractivity contribution in [2.45, 2.75) is 0 Å². The number of nitrogens with one attached hydrogen (secondary N) is 1. The molecule has 0 aliphatic carbocycles. The largest absolute Gasteiger partial charge is 0.474 e. The number of amides is 1. The van der Waals surface area contributed by atoms with Crippen LogP contribution in [-0.4, -0.2) is 17.0 Å². The fourth-order valence-electron chi connectivity index (χ4n) is 0.862. The molecule has 2 N–H and O–H groups in total. The number of nitrogens with zero attached hydrogens (tertiary/aromatic N) is 1. The topological polar surface area (TPSA) is 90.2 Å². The van der Waals surface area contributed by atoms with Crippen LogP contribution in [0.15, 0.2) is 18.2 Å². The van der Waals surface area contributed by atoms with E-state index in [2.05, 4.69) is 5.32 Å². The molecule has 1 aromatic carbocycles. The summed E-state index contributed by atoms with van der Waals surface area (Å²) < 4.78 is 0. The van der Waals surface area contributed by atoms with Gasteiger partial charge in [0.25, 0.3) is 0 Å². The lowest BCUT2D eigenvalue weighted by Crippen LogP contribution is -2.21. The first-order valence-electron chi connectivity index (χ1n) is 3.78. The highest BCUT2D eigenvalue weighted by Crippen LogP contribution is 2.22. The van der Waals surface area contributed by atoms with Gasteiger partial charge in [-0.05, 0) is 18.2 Å². The zero-order valence-electron chi connectivity index (χ0n) is 7.32. The summed E-state index contributed by atoms with van der Waals surface area (Å²) in [4.78, 5) is 21.0. The van der Waals surface area contributed by atoms with Crippen molar-refractivity contribution >= 4 is 29.2 Å². The first kappa shape index (κ1) is 11.0. The third kappa shape index (κ3) is 2.69. The van der Waals surface area contributed by atoms with Gasteiger partial charge < -0.3 is 10.4 Å². The Kier molecular flexibility index (Phi) is 3.26. The van der Waals surface area contributed by atoms with Crippen molar-refractivity contribution in [1.29, 1.82) is 5.26 Å². The minimum absolute atomic E-state index is 0.114. The van der Waals surface area contributed by atoms with Gasteiger partial charge in [0, 0.05) is 0 Å². The van der Waals surface area contributed by atoms with Gasteiger partial charge in [0.2, 0.25) is 0 Å². The van der Waals surface area contributed by atoms with Crippen molar-refractivity contribution in [2.24, 2.45) is 0 Å². The molecule has 1 aromatic rings. The number of carbonyl (C=O) groups excluding carboxylic acids is 1. The molecule has 0 aliphatic rings. The molecule has 1 rings (SSSR count). The van der Waals surface area contributed by atoms with E-state index in [9.17, 15) is 9.59 Å². The molecule has 5 nitrogen and oxygen atoms in total. The number of carboxylic acid groups (broad SMARTS) is 1. The van der Waals surface area contributed by atoms with Crippen LogP contribution in [0.2, 0.25) is 5.02 Å². The summed E-state index contributed by atoms with van der Waals surface area (Å²) in [5.41, 5.74) is 0.483. The molecule has 0 radical (unpaired) electrons. The first-order chi connectivity index (χ1) is 7.04. The molecule has 6 heteroatoms. The Morgan fingerprint density at radius 2 is 2.13 bits per heavy atom. The van der Waals surface area contributed by atoms with E-state index >= 15 is 0 Å². The van der Waals surface area contributed by atoms with Gasteiger partial charge >= 0.3 is 11.9 Å². The number of nitriles is 1. The number of anilines is 1. The zero-order chi connectivity index (χ0) is 11.4. The summed E-state index contributed by atoms with van der Waals surface area (Å²) in [7, 11) is 0. The summed E-state index contributed by atoms with van der Waals surface area (Å²) >= 11 is 5.70. The number of carbonyl (C=O) groups is 2. The number of rotatable bonds is 1. The van der Waals surface area contributed by atoms with E-state index in [4.69, 9.17) is 22.0 Å². The summed E-state index contributed by atoms with van der Waals surface area (Å²) in [6, 6.07) is 5.97. The first-order valence-corrected chi connectivity index (χ1v) is 4.16. The van der Waals surface area contributed by atoms with Crippen molar-refractivity contribution in [3.8, 4) is 6.07 Å². The van der Waals surface area contributed by atoms with Crippen molar-refractivity contribution in [2.75, 3.05) is 5.32 Å². The van der Waals surface area contributed by atoms with Gasteiger partial charge in [0.1, 0.15) is 0 Å². The maximum absolute atomic E-state index is 10.8. The Bertz CT molecular complexity index is 465. The van der Waals surface area contributed by atoms with Crippen molar-refractivity contribution in [3.63, 3.8) is 0 Å². The molecule has 0 aromatic heterocycles. The third-order valence-electron chi connectivity index (χ3n) is 1.54. The molecule has 0 aliphatic heterocycles. The van der Waals surface area contributed by atoms with Gasteiger partial charge in [-0.1, -0.05) is 11.6 Å². The molecule has 1 amide bonds. The molecule has 0 unspecified atom stereocenters. The van der Waals surface area contributed by atoms with Crippen LogP contribution in [0.1, 0.15) is 5.56 Å². The van der Waals surface area contributed by atoms with Crippen molar-refractivity contribution < 1.29 is 14.7 Å². The Balaban J connectivity index is 2.93. The SMILES string of the molecule is N#Cc1ccc(NC(=O)C(=O)O)c(Cl)c1. The number of halogens is 1. The zero-order valence-corrected chi connectivity index (χ0v) is 8.08. The number of carboxylic acids is 1. The van der Waals surface area contributed by atoms with Crippen LogP contribution in [0.25, 0.3) is 0 Å². The molecule has 0 bridgehead atoms. The molecule has 0 saturated carbocycles. The Morgan fingerprint density at radius 1 is 1.47 bits per heavy atom. The standard InChI is InChI=1S/C9H5ClN2O3/c10-6-3-5(4-11)1-2-7(6)12-8(13)9(14)15/h1-3H,(H,12,13)(H,14,15). The summed E-state index contributed by atoms with van der Waals surface area (Å²) in [6.45, 7) is 0. The third-order valence-corrected chi connectivity index (χ3v) is 1.85. The predicted molar refractivity (Wildman–Crippen MR) is 52.4 cm³/mol.